The molecule has 1 amide bonds. The molecule has 1 atom stereocenters. The van der Waals surface area contributed by atoms with Gasteiger partial charge in [0.25, 0.3) is 5.91 Å². The Hall–Kier alpha value is -2.48. The second kappa shape index (κ2) is 8.04. The molecule has 8 heteroatoms. The first-order valence-electron chi connectivity index (χ1n) is 9.13. The van der Waals surface area contributed by atoms with Crippen molar-refractivity contribution in [3.63, 3.8) is 0 Å². The van der Waals surface area contributed by atoms with Gasteiger partial charge >= 0.3 is 0 Å². The average molecular weight is 388 g/mol. The van der Waals surface area contributed by atoms with Crippen molar-refractivity contribution in [3.8, 4) is 0 Å². The van der Waals surface area contributed by atoms with Crippen LogP contribution in [0.4, 0.5) is 11.5 Å². The monoisotopic (exact) mass is 388 g/mol. The maximum Gasteiger partial charge on any atom is 0.278 e. The van der Waals surface area contributed by atoms with Gasteiger partial charge in [0.15, 0.2) is 21.3 Å². The summed E-state index contributed by atoms with van der Waals surface area (Å²) in [6.45, 7) is 5.02. The minimum absolute atomic E-state index is 0.0905. The first kappa shape index (κ1) is 19.3. The van der Waals surface area contributed by atoms with Gasteiger partial charge in [-0.3, -0.25) is 4.79 Å². The zero-order valence-corrected chi connectivity index (χ0v) is 16.4. The molecule has 1 saturated heterocycles. The second-order valence-corrected chi connectivity index (χ2v) is 8.73. The van der Waals surface area contributed by atoms with E-state index in [1.54, 1.807) is 17.0 Å². The van der Waals surface area contributed by atoms with Gasteiger partial charge in [-0.2, -0.15) is 0 Å². The quantitative estimate of drug-likeness (QED) is 0.754. The third-order valence-electron chi connectivity index (χ3n) is 4.78. The van der Waals surface area contributed by atoms with Crippen molar-refractivity contribution in [3.05, 3.63) is 48.2 Å². The number of hydrogen-bond acceptors (Lipinski definition) is 6. The van der Waals surface area contributed by atoms with Crippen LogP contribution in [0.2, 0.25) is 0 Å². The Balaban J connectivity index is 1.79. The van der Waals surface area contributed by atoms with Crippen LogP contribution in [-0.2, 0) is 9.84 Å². The Labute approximate surface area is 159 Å². The standard InChI is InChI=1S/C19H24N4O3S/c1-3-22(16-12-13-27(25,26)14-16)18-11-10-17(20-21-18)19(24)23(4-2)15-8-6-5-7-9-15/h5-11,16H,3-4,12-14H2,1-2H3. The zero-order valence-electron chi connectivity index (χ0n) is 15.6. The third kappa shape index (κ3) is 4.27. The molecule has 27 heavy (non-hydrogen) atoms. The predicted molar refractivity (Wildman–Crippen MR) is 106 cm³/mol. The van der Waals surface area contributed by atoms with Crippen LogP contribution < -0.4 is 9.80 Å². The zero-order chi connectivity index (χ0) is 19.4. The van der Waals surface area contributed by atoms with Crippen LogP contribution in [-0.4, -0.2) is 55.2 Å². The van der Waals surface area contributed by atoms with Crippen molar-refractivity contribution < 1.29 is 13.2 Å². The number of nitrogens with zero attached hydrogens (tertiary/aromatic N) is 4. The number of sulfone groups is 1. The van der Waals surface area contributed by atoms with Crippen molar-refractivity contribution in [1.29, 1.82) is 0 Å². The van der Waals surface area contributed by atoms with Crippen molar-refractivity contribution in [2.24, 2.45) is 0 Å². The largest absolute Gasteiger partial charge is 0.351 e. The summed E-state index contributed by atoms with van der Waals surface area (Å²) in [4.78, 5) is 16.4. The van der Waals surface area contributed by atoms with Crippen molar-refractivity contribution in [2.45, 2.75) is 26.3 Å². The molecule has 0 N–H and O–H groups in total. The summed E-state index contributed by atoms with van der Waals surface area (Å²) in [5, 5.41) is 8.32. The summed E-state index contributed by atoms with van der Waals surface area (Å²) < 4.78 is 23.5. The second-order valence-electron chi connectivity index (χ2n) is 6.50. The molecule has 1 aliphatic heterocycles. The Morgan fingerprint density at radius 2 is 1.81 bits per heavy atom. The molecule has 0 aliphatic carbocycles. The van der Waals surface area contributed by atoms with E-state index in [0.29, 0.717) is 25.3 Å². The normalized spacial score (nSPS) is 18.2. The molecule has 7 nitrogen and oxygen atoms in total. The van der Waals surface area contributed by atoms with Crippen LogP contribution in [0.1, 0.15) is 30.8 Å². The molecule has 0 bridgehead atoms. The lowest BCUT2D eigenvalue weighted by atomic mass is 10.2. The van der Waals surface area contributed by atoms with Gasteiger partial charge in [0.2, 0.25) is 0 Å². The summed E-state index contributed by atoms with van der Waals surface area (Å²) in [5.41, 5.74) is 1.07. The van der Waals surface area contributed by atoms with Gasteiger partial charge < -0.3 is 9.80 Å². The maximum atomic E-state index is 12.8. The van der Waals surface area contributed by atoms with Gasteiger partial charge in [0, 0.05) is 24.8 Å². The Morgan fingerprint density at radius 3 is 2.33 bits per heavy atom. The fourth-order valence-electron chi connectivity index (χ4n) is 3.41. The molecule has 3 rings (SSSR count). The highest BCUT2D eigenvalue weighted by Crippen LogP contribution is 2.23. The molecule has 1 aromatic carbocycles. The fourth-order valence-corrected chi connectivity index (χ4v) is 5.14. The topological polar surface area (TPSA) is 83.5 Å². The SMILES string of the molecule is CCN(C(=O)c1ccc(N(CC)C2CCS(=O)(=O)C2)nn1)c1ccccc1. The first-order valence-corrected chi connectivity index (χ1v) is 10.9. The Morgan fingerprint density at radius 1 is 1.07 bits per heavy atom. The number of benzene rings is 1. The van der Waals surface area contributed by atoms with Gasteiger partial charge in [-0.1, -0.05) is 18.2 Å². The van der Waals surface area contributed by atoms with Gasteiger partial charge in [0.1, 0.15) is 0 Å². The number of para-hydroxylation sites is 1. The fraction of sp³-hybridized carbons (Fsp3) is 0.421. The van der Waals surface area contributed by atoms with E-state index in [-0.39, 0.29) is 29.1 Å². The van der Waals surface area contributed by atoms with E-state index in [4.69, 9.17) is 0 Å². The van der Waals surface area contributed by atoms with E-state index < -0.39 is 9.84 Å². The highest BCUT2D eigenvalue weighted by molar-refractivity contribution is 7.91. The highest BCUT2D eigenvalue weighted by atomic mass is 32.2. The minimum Gasteiger partial charge on any atom is -0.351 e. The summed E-state index contributed by atoms with van der Waals surface area (Å²) in [6, 6.07) is 12.7. The third-order valence-corrected chi connectivity index (χ3v) is 6.53. The molecule has 1 fully saturated rings. The first-order chi connectivity index (χ1) is 12.9. The van der Waals surface area contributed by atoms with E-state index in [1.165, 1.54) is 0 Å². The molecular formula is C19H24N4O3S. The van der Waals surface area contributed by atoms with E-state index in [1.807, 2.05) is 49.1 Å². The van der Waals surface area contributed by atoms with Gasteiger partial charge in [-0.05, 0) is 44.5 Å². The van der Waals surface area contributed by atoms with Crippen molar-refractivity contribution in [2.75, 3.05) is 34.4 Å². The number of rotatable bonds is 6. The van der Waals surface area contributed by atoms with E-state index in [2.05, 4.69) is 10.2 Å². The van der Waals surface area contributed by atoms with Crippen molar-refractivity contribution in [1.82, 2.24) is 10.2 Å². The highest BCUT2D eigenvalue weighted by Gasteiger charge is 2.32. The molecule has 0 spiro atoms. The summed E-state index contributed by atoms with van der Waals surface area (Å²) >= 11 is 0. The average Bonchev–Trinajstić information content (AvgIpc) is 3.04. The summed E-state index contributed by atoms with van der Waals surface area (Å²) in [5.74, 6) is 0.731. The summed E-state index contributed by atoms with van der Waals surface area (Å²) in [7, 11) is -2.98. The number of hydrogen-bond donors (Lipinski definition) is 0. The molecule has 2 heterocycles. The number of carbonyl (C=O) groups is 1. The van der Waals surface area contributed by atoms with Crippen LogP contribution in [0.25, 0.3) is 0 Å². The molecule has 1 unspecified atom stereocenters. The van der Waals surface area contributed by atoms with Crippen LogP contribution in [0.5, 0.6) is 0 Å². The molecule has 0 saturated carbocycles. The lowest BCUT2D eigenvalue weighted by molar-refractivity contribution is 0.0982. The molecule has 144 valence electrons. The number of amides is 1. The molecule has 1 aromatic heterocycles. The number of anilines is 2. The minimum atomic E-state index is -2.98. The molecule has 0 radical (unpaired) electrons. The van der Waals surface area contributed by atoms with Crippen LogP contribution >= 0.6 is 0 Å². The molecular weight excluding hydrogens is 364 g/mol. The van der Waals surface area contributed by atoms with E-state index in [0.717, 1.165) is 5.69 Å². The number of aromatic nitrogens is 2. The van der Waals surface area contributed by atoms with Gasteiger partial charge in [-0.25, -0.2) is 8.42 Å². The Kier molecular flexibility index (Phi) is 5.74. The lowest BCUT2D eigenvalue weighted by Gasteiger charge is -2.27. The predicted octanol–water partition coefficient (Wildman–Crippen LogP) is 2.16. The Bertz CT molecular complexity index is 885. The lowest BCUT2D eigenvalue weighted by Crippen LogP contribution is -2.37. The smallest absolute Gasteiger partial charge is 0.278 e. The van der Waals surface area contributed by atoms with E-state index >= 15 is 0 Å². The van der Waals surface area contributed by atoms with Crippen LogP contribution in [0.15, 0.2) is 42.5 Å². The van der Waals surface area contributed by atoms with Crippen molar-refractivity contribution >= 4 is 27.2 Å². The maximum absolute atomic E-state index is 12.8. The van der Waals surface area contributed by atoms with Gasteiger partial charge in [-0.15, -0.1) is 10.2 Å². The molecule has 1 aliphatic rings. The van der Waals surface area contributed by atoms with Gasteiger partial charge in [0.05, 0.1) is 11.5 Å². The number of carbonyl (C=O) groups excluding carboxylic acids is 1. The van der Waals surface area contributed by atoms with Crippen LogP contribution in [0.3, 0.4) is 0 Å². The van der Waals surface area contributed by atoms with E-state index in [9.17, 15) is 13.2 Å². The van der Waals surface area contributed by atoms with Crippen LogP contribution in [0, 0.1) is 0 Å². The molecule has 2 aromatic rings. The summed E-state index contributed by atoms with van der Waals surface area (Å²) in [6.07, 6.45) is 0.593.